The van der Waals surface area contributed by atoms with Crippen LogP contribution in [-0.4, -0.2) is 19.3 Å². The molecule has 0 saturated heterocycles. The van der Waals surface area contributed by atoms with E-state index in [9.17, 15) is 5.26 Å². The Labute approximate surface area is 49.1 Å². The molecule has 0 aromatic carbocycles. The minimum atomic E-state index is 0.137. The van der Waals surface area contributed by atoms with Gasteiger partial charge in [0, 0.05) is 0 Å². The molecule has 0 fully saturated rings. The number of ether oxygens (including phenoxy) is 1. The van der Waals surface area contributed by atoms with Crippen molar-refractivity contribution in [2.75, 3.05) is 13.2 Å². The summed E-state index contributed by atoms with van der Waals surface area (Å²) in [5.41, 5.74) is 0. The minimum Gasteiger partial charge on any atom is -0.376 e. The van der Waals surface area contributed by atoms with Gasteiger partial charge in [-0.05, 0) is 19.1 Å². The Balaban J connectivity index is 2.72. The van der Waals surface area contributed by atoms with E-state index in [4.69, 9.17) is 4.74 Å². The normalized spacial score (nSPS) is 10.5. The third kappa shape index (κ3) is 5.88. The Hall–Kier alpha value is -0.120. The predicted octanol–water partition coefficient (Wildman–Crippen LogP) is 0.773. The zero-order chi connectivity index (χ0) is 6.41. The van der Waals surface area contributed by atoms with Gasteiger partial charge in [-0.2, -0.15) is 0 Å². The Morgan fingerprint density at radius 1 is 1.38 bits per heavy atom. The second-order valence-electron chi connectivity index (χ2n) is 1.74. The molecule has 0 aliphatic rings. The summed E-state index contributed by atoms with van der Waals surface area (Å²) in [6, 6.07) is 0. The zero-order valence-electron chi connectivity index (χ0n) is 5.22. The minimum absolute atomic E-state index is 0.137. The average Bonchev–Trinajstić information content (AvgIpc) is 1.66. The standard InChI is InChI=1S/C5H11O3/c1-5(2)7-3-4-8-6/h5H,3-4H2,1-2H3. The van der Waals surface area contributed by atoms with Crippen LogP contribution in [0.4, 0.5) is 0 Å². The Morgan fingerprint density at radius 3 is 2.38 bits per heavy atom. The van der Waals surface area contributed by atoms with E-state index in [2.05, 4.69) is 4.89 Å². The molecule has 3 heteroatoms. The van der Waals surface area contributed by atoms with Crippen LogP contribution in [0, 0.1) is 0 Å². The van der Waals surface area contributed by atoms with Crippen molar-refractivity contribution in [2.24, 2.45) is 0 Å². The van der Waals surface area contributed by atoms with Gasteiger partial charge >= 0.3 is 0 Å². The molecular weight excluding hydrogens is 108 g/mol. The van der Waals surface area contributed by atoms with E-state index in [-0.39, 0.29) is 12.7 Å². The molecule has 0 aromatic rings. The van der Waals surface area contributed by atoms with E-state index in [1.165, 1.54) is 0 Å². The summed E-state index contributed by atoms with van der Waals surface area (Å²) in [7, 11) is 0. The van der Waals surface area contributed by atoms with Crippen molar-refractivity contribution in [2.45, 2.75) is 20.0 Å². The molecule has 0 bridgehead atoms. The summed E-state index contributed by atoms with van der Waals surface area (Å²) in [5.74, 6) is 0. The maximum atomic E-state index is 9.33. The predicted molar refractivity (Wildman–Crippen MR) is 27.7 cm³/mol. The molecule has 0 N–H and O–H groups in total. The van der Waals surface area contributed by atoms with Gasteiger partial charge in [0.15, 0.2) is 0 Å². The molecule has 8 heavy (non-hydrogen) atoms. The van der Waals surface area contributed by atoms with Crippen molar-refractivity contribution in [1.82, 2.24) is 0 Å². The van der Waals surface area contributed by atoms with E-state index in [1.807, 2.05) is 13.8 Å². The summed E-state index contributed by atoms with van der Waals surface area (Å²) in [6.45, 7) is 4.34. The van der Waals surface area contributed by atoms with Crippen LogP contribution < -0.4 is 0 Å². The number of rotatable bonds is 4. The molecular formula is C5H11O3. The first kappa shape index (κ1) is 7.88. The van der Waals surface area contributed by atoms with Gasteiger partial charge in [-0.1, -0.05) is 0 Å². The lowest BCUT2D eigenvalue weighted by Crippen LogP contribution is -2.07. The molecule has 0 saturated carbocycles. The Kier molecular flexibility index (Phi) is 4.95. The van der Waals surface area contributed by atoms with E-state index in [0.717, 1.165) is 0 Å². The molecule has 3 nitrogen and oxygen atoms in total. The number of hydrogen-bond acceptors (Lipinski definition) is 2. The van der Waals surface area contributed by atoms with Crippen molar-refractivity contribution in [3.05, 3.63) is 0 Å². The molecule has 0 rings (SSSR count). The van der Waals surface area contributed by atoms with Gasteiger partial charge in [0.25, 0.3) is 0 Å². The highest BCUT2D eigenvalue weighted by Gasteiger charge is 1.90. The van der Waals surface area contributed by atoms with Crippen LogP contribution in [0.3, 0.4) is 0 Å². The quantitative estimate of drug-likeness (QED) is 0.311. The average molecular weight is 119 g/mol. The molecule has 0 atom stereocenters. The summed E-state index contributed by atoms with van der Waals surface area (Å²) in [5, 5.41) is 9.33. The second-order valence-corrected chi connectivity index (χ2v) is 1.74. The van der Waals surface area contributed by atoms with Gasteiger partial charge in [-0.25, -0.2) is 4.89 Å². The molecule has 0 aromatic heterocycles. The highest BCUT2D eigenvalue weighted by atomic mass is 17.1. The molecule has 0 unspecified atom stereocenters. The van der Waals surface area contributed by atoms with Crippen LogP contribution in [0.1, 0.15) is 13.8 Å². The summed E-state index contributed by atoms with van der Waals surface area (Å²) >= 11 is 0. The van der Waals surface area contributed by atoms with Gasteiger partial charge in [0.1, 0.15) is 6.61 Å². The van der Waals surface area contributed by atoms with Gasteiger partial charge < -0.3 is 4.74 Å². The summed E-state index contributed by atoms with van der Waals surface area (Å²) in [6.07, 6.45) is 0.185. The van der Waals surface area contributed by atoms with E-state index in [1.54, 1.807) is 0 Å². The van der Waals surface area contributed by atoms with Crippen molar-refractivity contribution >= 4 is 0 Å². The molecule has 0 amide bonds. The smallest absolute Gasteiger partial charge is 0.109 e. The highest BCUT2D eigenvalue weighted by Crippen LogP contribution is 1.85. The van der Waals surface area contributed by atoms with Crippen molar-refractivity contribution in [1.29, 1.82) is 0 Å². The lowest BCUT2D eigenvalue weighted by atomic mass is 10.5. The van der Waals surface area contributed by atoms with Crippen LogP contribution in [0.15, 0.2) is 0 Å². The number of hydrogen-bond donors (Lipinski definition) is 0. The fourth-order valence-electron chi connectivity index (χ4n) is 0.318. The SMILES string of the molecule is CC(C)OCCO[O]. The highest BCUT2D eigenvalue weighted by molar-refractivity contribution is 4.34. The van der Waals surface area contributed by atoms with Gasteiger partial charge in [-0.15, -0.1) is 0 Å². The van der Waals surface area contributed by atoms with Crippen LogP contribution in [0.25, 0.3) is 0 Å². The molecule has 0 aliphatic carbocycles. The third-order valence-corrected chi connectivity index (χ3v) is 0.618. The first-order valence-corrected chi connectivity index (χ1v) is 2.63. The van der Waals surface area contributed by atoms with Crippen molar-refractivity contribution in [3.8, 4) is 0 Å². The molecule has 1 radical (unpaired) electrons. The van der Waals surface area contributed by atoms with Gasteiger partial charge in [0.05, 0.1) is 12.7 Å². The van der Waals surface area contributed by atoms with Gasteiger partial charge in [-0.3, -0.25) is 0 Å². The molecule has 0 heterocycles. The lowest BCUT2D eigenvalue weighted by Gasteiger charge is -2.03. The molecule has 49 valence electrons. The van der Waals surface area contributed by atoms with Crippen LogP contribution >= 0.6 is 0 Å². The monoisotopic (exact) mass is 119 g/mol. The maximum absolute atomic E-state index is 9.33. The zero-order valence-corrected chi connectivity index (χ0v) is 5.22. The molecule has 0 aliphatic heterocycles. The van der Waals surface area contributed by atoms with Crippen molar-refractivity contribution in [3.63, 3.8) is 0 Å². The first-order chi connectivity index (χ1) is 3.77. The van der Waals surface area contributed by atoms with E-state index >= 15 is 0 Å². The van der Waals surface area contributed by atoms with Gasteiger partial charge in [0.2, 0.25) is 0 Å². The largest absolute Gasteiger partial charge is 0.376 e. The van der Waals surface area contributed by atoms with Crippen LogP contribution in [-0.2, 0) is 14.9 Å². The Bertz CT molecular complexity index is 44.9. The third-order valence-electron chi connectivity index (χ3n) is 0.618. The van der Waals surface area contributed by atoms with Crippen LogP contribution in [0.2, 0.25) is 0 Å². The summed E-state index contributed by atoms with van der Waals surface area (Å²) < 4.78 is 4.96. The Morgan fingerprint density at radius 2 is 2.00 bits per heavy atom. The fourth-order valence-corrected chi connectivity index (χ4v) is 0.318. The second kappa shape index (κ2) is 5.03. The summed E-state index contributed by atoms with van der Waals surface area (Å²) in [4.78, 5) is 3.52. The van der Waals surface area contributed by atoms with E-state index in [0.29, 0.717) is 6.61 Å². The van der Waals surface area contributed by atoms with E-state index < -0.39 is 0 Å². The topological polar surface area (TPSA) is 38.4 Å². The lowest BCUT2D eigenvalue weighted by molar-refractivity contribution is -0.309. The maximum Gasteiger partial charge on any atom is 0.109 e. The van der Waals surface area contributed by atoms with Crippen LogP contribution in [0.5, 0.6) is 0 Å². The fraction of sp³-hybridized carbons (Fsp3) is 1.00. The molecule has 0 spiro atoms. The van der Waals surface area contributed by atoms with Crippen molar-refractivity contribution < 1.29 is 14.9 Å². The first-order valence-electron chi connectivity index (χ1n) is 2.63.